The second kappa shape index (κ2) is 12.5. The minimum Gasteiger partial charge on any atom is -0.0915 e. The monoisotopic (exact) mass is 524 g/mol. The van der Waals surface area contributed by atoms with E-state index in [2.05, 4.69) is 37.8 Å². The fourth-order valence-electron chi connectivity index (χ4n) is 9.88. The van der Waals surface area contributed by atoms with Gasteiger partial charge in [-0.05, 0) is 153 Å². The predicted molar refractivity (Wildman–Crippen MR) is 168 cm³/mol. The molecule has 0 saturated heterocycles. The highest BCUT2D eigenvalue weighted by molar-refractivity contribution is 5.51. The SMILES string of the molecule is C=C1C=C(C2CCCCC2)CC=C1C1CCC(C2CCC(C3=CC(C)C=C(C4CCCCC4)C3=C)CC2)CC1. The number of hydrogen-bond donors (Lipinski definition) is 0. The van der Waals surface area contributed by atoms with Gasteiger partial charge in [-0.15, -0.1) is 0 Å². The quantitative estimate of drug-likeness (QED) is 0.335. The fraction of sp³-hybridized carbons (Fsp3) is 0.692. The van der Waals surface area contributed by atoms with Crippen molar-refractivity contribution in [2.75, 3.05) is 0 Å². The molecule has 0 aliphatic heterocycles. The first-order chi connectivity index (χ1) is 19.1. The van der Waals surface area contributed by atoms with Crippen LogP contribution in [-0.4, -0.2) is 0 Å². The average molecular weight is 525 g/mol. The summed E-state index contributed by atoms with van der Waals surface area (Å²) >= 11 is 0. The summed E-state index contributed by atoms with van der Waals surface area (Å²) in [6.07, 6.45) is 37.1. The van der Waals surface area contributed by atoms with Gasteiger partial charge in [-0.3, -0.25) is 0 Å². The molecule has 4 saturated carbocycles. The lowest BCUT2D eigenvalue weighted by atomic mass is 9.65. The van der Waals surface area contributed by atoms with Gasteiger partial charge in [-0.25, -0.2) is 0 Å². The second-order valence-corrected chi connectivity index (χ2v) is 14.6. The van der Waals surface area contributed by atoms with E-state index >= 15 is 0 Å². The lowest BCUT2D eigenvalue weighted by Crippen LogP contribution is -2.28. The van der Waals surface area contributed by atoms with E-state index in [0.29, 0.717) is 5.92 Å². The van der Waals surface area contributed by atoms with Gasteiger partial charge in [-0.1, -0.05) is 88.5 Å². The van der Waals surface area contributed by atoms with Gasteiger partial charge < -0.3 is 0 Å². The predicted octanol–water partition coefficient (Wildman–Crippen LogP) is 11.6. The molecule has 0 amide bonds. The Kier molecular flexibility index (Phi) is 8.87. The summed E-state index contributed by atoms with van der Waals surface area (Å²) in [7, 11) is 0. The highest BCUT2D eigenvalue weighted by Gasteiger charge is 2.35. The Balaban J connectivity index is 0.985. The van der Waals surface area contributed by atoms with Crippen LogP contribution in [0.25, 0.3) is 0 Å². The topological polar surface area (TPSA) is 0 Å². The molecule has 0 radical (unpaired) electrons. The van der Waals surface area contributed by atoms with E-state index in [-0.39, 0.29) is 0 Å². The van der Waals surface area contributed by atoms with Crippen LogP contribution < -0.4 is 0 Å². The molecule has 6 rings (SSSR count). The maximum Gasteiger partial charge on any atom is -0.00696 e. The third-order valence-corrected chi connectivity index (χ3v) is 12.1. The maximum atomic E-state index is 4.71. The first-order valence-electron chi connectivity index (χ1n) is 17.3. The molecular weight excluding hydrogens is 468 g/mol. The van der Waals surface area contributed by atoms with E-state index in [0.717, 1.165) is 35.5 Å². The lowest BCUT2D eigenvalue weighted by molar-refractivity contribution is 0.162. The van der Waals surface area contributed by atoms with E-state index in [1.807, 2.05) is 0 Å². The highest BCUT2D eigenvalue weighted by atomic mass is 14.4. The van der Waals surface area contributed by atoms with Crippen molar-refractivity contribution in [3.8, 4) is 0 Å². The molecule has 39 heavy (non-hydrogen) atoms. The molecule has 0 N–H and O–H groups in total. The zero-order valence-electron chi connectivity index (χ0n) is 25.2. The van der Waals surface area contributed by atoms with Crippen LogP contribution in [0.5, 0.6) is 0 Å². The van der Waals surface area contributed by atoms with Crippen molar-refractivity contribution < 1.29 is 0 Å². The number of rotatable bonds is 5. The molecule has 0 aromatic carbocycles. The first kappa shape index (κ1) is 27.6. The fourth-order valence-corrected chi connectivity index (χ4v) is 9.88. The number of hydrogen-bond acceptors (Lipinski definition) is 0. The molecule has 0 bridgehead atoms. The summed E-state index contributed by atoms with van der Waals surface area (Å²) in [4.78, 5) is 0. The molecule has 0 nitrogen and oxygen atoms in total. The molecular formula is C39H56. The molecule has 0 aromatic heterocycles. The average Bonchev–Trinajstić information content (AvgIpc) is 2.99. The molecule has 1 unspecified atom stereocenters. The van der Waals surface area contributed by atoms with Crippen LogP contribution in [-0.2, 0) is 0 Å². The van der Waals surface area contributed by atoms with Crippen molar-refractivity contribution >= 4 is 0 Å². The summed E-state index contributed by atoms with van der Waals surface area (Å²) in [5.74, 6) is 5.69. The van der Waals surface area contributed by atoms with Gasteiger partial charge in [0.05, 0.1) is 0 Å². The zero-order valence-corrected chi connectivity index (χ0v) is 25.2. The van der Waals surface area contributed by atoms with Crippen LogP contribution in [0.15, 0.2) is 70.9 Å². The van der Waals surface area contributed by atoms with Crippen LogP contribution in [0.1, 0.15) is 129 Å². The van der Waals surface area contributed by atoms with Gasteiger partial charge in [0.25, 0.3) is 0 Å². The molecule has 0 spiro atoms. The van der Waals surface area contributed by atoms with E-state index in [9.17, 15) is 0 Å². The molecule has 1 atom stereocenters. The molecule has 212 valence electrons. The third kappa shape index (κ3) is 6.21. The van der Waals surface area contributed by atoms with Crippen LogP contribution in [0.4, 0.5) is 0 Å². The third-order valence-electron chi connectivity index (χ3n) is 12.1. The van der Waals surface area contributed by atoms with Gasteiger partial charge >= 0.3 is 0 Å². The summed E-state index contributed by atoms with van der Waals surface area (Å²) in [6.45, 7) is 11.7. The van der Waals surface area contributed by atoms with E-state index in [4.69, 9.17) is 6.58 Å². The molecule has 0 heterocycles. The summed E-state index contributed by atoms with van der Waals surface area (Å²) in [6, 6.07) is 0. The Bertz CT molecular complexity index is 1010. The van der Waals surface area contributed by atoms with Gasteiger partial charge in [0.1, 0.15) is 0 Å². The van der Waals surface area contributed by atoms with Crippen molar-refractivity contribution in [3.05, 3.63) is 70.9 Å². The molecule has 0 aromatic rings. The van der Waals surface area contributed by atoms with Crippen molar-refractivity contribution in [1.29, 1.82) is 0 Å². The lowest BCUT2D eigenvalue weighted by Gasteiger charge is -2.40. The Morgan fingerprint density at radius 3 is 1.51 bits per heavy atom. The summed E-state index contributed by atoms with van der Waals surface area (Å²) in [5.41, 5.74) is 9.40. The van der Waals surface area contributed by atoms with Crippen molar-refractivity contribution in [2.24, 2.45) is 41.4 Å². The minimum absolute atomic E-state index is 0.591. The second-order valence-electron chi connectivity index (χ2n) is 14.6. The molecule has 4 fully saturated rings. The maximum absolute atomic E-state index is 4.71. The van der Waals surface area contributed by atoms with Gasteiger partial charge in [0, 0.05) is 0 Å². The van der Waals surface area contributed by atoms with E-state index in [1.54, 1.807) is 22.3 Å². The van der Waals surface area contributed by atoms with Crippen molar-refractivity contribution in [2.45, 2.75) is 129 Å². The normalized spacial score (nSPS) is 35.7. The van der Waals surface area contributed by atoms with Gasteiger partial charge in [0.15, 0.2) is 0 Å². The van der Waals surface area contributed by atoms with Gasteiger partial charge in [0.2, 0.25) is 0 Å². The summed E-state index contributed by atoms with van der Waals surface area (Å²) in [5, 5.41) is 0. The van der Waals surface area contributed by atoms with E-state index in [1.165, 1.54) is 133 Å². The summed E-state index contributed by atoms with van der Waals surface area (Å²) < 4.78 is 0. The minimum atomic E-state index is 0.591. The van der Waals surface area contributed by atoms with E-state index < -0.39 is 0 Å². The van der Waals surface area contributed by atoms with Gasteiger partial charge in [-0.2, -0.15) is 0 Å². The van der Waals surface area contributed by atoms with Crippen molar-refractivity contribution in [3.63, 3.8) is 0 Å². The van der Waals surface area contributed by atoms with Crippen molar-refractivity contribution in [1.82, 2.24) is 0 Å². The van der Waals surface area contributed by atoms with Crippen LogP contribution in [0, 0.1) is 41.4 Å². The van der Waals surface area contributed by atoms with Crippen LogP contribution in [0.3, 0.4) is 0 Å². The zero-order chi connectivity index (χ0) is 26.8. The Morgan fingerprint density at radius 1 is 0.538 bits per heavy atom. The van der Waals surface area contributed by atoms with Crippen LogP contribution >= 0.6 is 0 Å². The largest absolute Gasteiger partial charge is 0.0915 e. The highest BCUT2D eigenvalue weighted by Crippen LogP contribution is 2.49. The first-order valence-corrected chi connectivity index (χ1v) is 17.3. The Morgan fingerprint density at radius 2 is 1.00 bits per heavy atom. The smallest absolute Gasteiger partial charge is 0.00696 e. The standard InChI is InChI=1S/C39H56/c1-27-24-38(33-12-8-5-9-13-33)29(3)39(25-27)35-20-16-32(17-21-35)31-14-18-34(19-15-31)37-23-22-36(26-28(37)2)30-10-6-4-7-11-30/h23-27,30-35H,2-22H2,1H3. The molecule has 6 aliphatic carbocycles. The molecule has 0 heteroatoms. The Labute approximate surface area is 240 Å². The Hall–Kier alpha value is -1.56. The molecule has 6 aliphatic rings. The number of allylic oxidation sites excluding steroid dienone is 10. The van der Waals surface area contributed by atoms with Crippen LogP contribution in [0.2, 0.25) is 0 Å².